The minimum Gasteiger partial charge on any atom is -0.478 e. The zero-order valence-corrected chi connectivity index (χ0v) is 24.2. The van der Waals surface area contributed by atoms with E-state index in [0.29, 0.717) is 42.1 Å². The lowest BCUT2D eigenvalue weighted by molar-refractivity contribution is -0.186. The molecule has 13 heteroatoms. The van der Waals surface area contributed by atoms with Crippen molar-refractivity contribution in [2.45, 2.75) is 63.1 Å². The number of carboxylic acid groups (broad SMARTS) is 1. The number of halogens is 4. The highest BCUT2D eigenvalue weighted by Crippen LogP contribution is 2.55. The summed E-state index contributed by atoms with van der Waals surface area (Å²) in [7, 11) is 0. The second-order valence-corrected chi connectivity index (χ2v) is 12.3. The number of aromatic nitrogens is 4. The van der Waals surface area contributed by atoms with E-state index in [4.69, 9.17) is 25.4 Å². The molecule has 4 aromatic rings. The maximum absolute atomic E-state index is 13.4. The molecule has 0 radical (unpaired) electrons. The Morgan fingerprint density at radius 2 is 1.86 bits per heavy atom. The SMILES string of the molecule is Cc1cncc(Cl)c1-c1noc(C2CC2)c1/C=C/C12CCC(c3nc(-c4cc(C(=O)O)cc(C(F)(F)F)c4)no3)(CC1)OC2. The van der Waals surface area contributed by atoms with Crippen molar-refractivity contribution < 1.29 is 36.9 Å². The Morgan fingerprint density at radius 1 is 1.09 bits per heavy atom. The number of ether oxygens (including phenoxy) is 1. The number of carboxylic acids is 1. The van der Waals surface area contributed by atoms with Crippen LogP contribution in [0.3, 0.4) is 0 Å². The molecule has 44 heavy (non-hydrogen) atoms. The zero-order valence-electron chi connectivity index (χ0n) is 23.4. The first-order valence-corrected chi connectivity index (χ1v) is 14.6. The number of pyridine rings is 1. The van der Waals surface area contributed by atoms with Gasteiger partial charge < -0.3 is 18.9 Å². The van der Waals surface area contributed by atoms with Crippen molar-refractivity contribution in [2.24, 2.45) is 5.41 Å². The van der Waals surface area contributed by atoms with E-state index in [9.17, 15) is 23.1 Å². The van der Waals surface area contributed by atoms with Gasteiger partial charge in [0.1, 0.15) is 17.1 Å². The van der Waals surface area contributed by atoms with Crippen LogP contribution in [0.4, 0.5) is 13.2 Å². The molecule has 228 valence electrons. The van der Waals surface area contributed by atoms with Crippen molar-refractivity contribution in [2.75, 3.05) is 6.61 Å². The number of fused-ring (bicyclic) bond motifs is 3. The molecule has 2 saturated carbocycles. The Balaban J connectivity index is 1.14. The molecule has 0 atom stereocenters. The van der Waals surface area contributed by atoms with Crippen LogP contribution in [0.15, 0.2) is 45.7 Å². The van der Waals surface area contributed by atoms with E-state index in [2.05, 4.69) is 32.4 Å². The van der Waals surface area contributed by atoms with E-state index in [-0.39, 0.29) is 22.7 Å². The van der Waals surface area contributed by atoms with Gasteiger partial charge in [0.2, 0.25) is 5.82 Å². The number of aryl methyl sites for hydroxylation is 1. The average Bonchev–Trinajstić information content (AvgIpc) is 3.56. The molecule has 0 amide bonds. The third kappa shape index (κ3) is 4.99. The fourth-order valence-corrected chi connectivity index (χ4v) is 6.46. The van der Waals surface area contributed by atoms with Crippen LogP contribution < -0.4 is 0 Å². The molecule has 2 aliphatic heterocycles. The first-order chi connectivity index (χ1) is 21.0. The van der Waals surface area contributed by atoms with Crippen molar-refractivity contribution in [3.8, 4) is 22.6 Å². The van der Waals surface area contributed by atoms with E-state index >= 15 is 0 Å². The summed E-state index contributed by atoms with van der Waals surface area (Å²) in [5.74, 6) is -0.286. The lowest BCUT2D eigenvalue weighted by atomic mass is 9.65. The molecule has 2 aliphatic carbocycles. The Bertz CT molecular complexity index is 1760. The van der Waals surface area contributed by atoms with Crippen LogP contribution >= 0.6 is 11.6 Å². The van der Waals surface area contributed by atoms with Gasteiger partial charge in [0, 0.05) is 40.4 Å². The molecule has 1 N–H and O–H groups in total. The van der Waals surface area contributed by atoms with E-state index in [0.717, 1.165) is 60.3 Å². The van der Waals surface area contributed by atoms with E-state index in [1.807, 2.05) is 6.92 Å². The van der Waals surface area contributed by atoms with Gasteiger partial charge in [0.05, 0.1) is 22.8 Å². The molecular weight excluding hydrogens is 601 g/mol. The minimum absolute atomic E-state index is 0.104. The summed E-state index contributed by atoms with van der Waals surface area (Å²) in [6.45, 7) is 2.31. The summed E-state index contributed by atoms with van der Waals surface area (Å²) in [4.78, 5) is 20.0. The molecule has 8 rings (SSSR count). The van der Waals surface area contributed by atoms with E-state index < -0.39 is 28.9 Å². The molecule has 4 fully saturated rings. The van der Waals surface area contributed by atoms with Gasteiger partial charge >= 0.3 is 12.1 Å². The Morgan fingerprint density at radius 3 is 2.50 bits per heavy atom. The van der Waals surface area contributed by atoms with Gasteiger partial charge in [-0.1, -0.05) is 34.1 Å². The fourth-order valence-electron chi connectivity index (χ4n) is 6.17. The number of hydrogen-bond acceptors (Lipinski definition) is 8. The quantitative estimate of drug-likeness (QED) is 0.218. The summed E-state index contributed by atoms with van der Waals surface area (Å²) >= 11 is 6.53. The molecule has 9 nitrogen and oxygen atoms in total. The molecule has 2 bridgehead atoms. The average molecular weight is 627 g/mol. The van der Waals surface area contributed by atoms with Gasteiger partial charge in [0.25, 0.3) is 5.89 Å². The summed E-state index contributed by atoms with van der Waals surface area (Å²) in [6.07, 6.45) is 7.53. The van der Waals surface area contributed by atoms with E-state index in [1.54, 1.807) is 12.4 Å². The maximum Gasteiger partial charge on any atom is 0.416 e. The Hall–Kier alpha value is -4.03. The minimum atomic E-state index is -4.74. The molecule has 5 heterocycles. The number of rotatable bonds is 7. The normalized spacial score (nSPS) is 23.5. The van der Waals surface area contributed by atoms with Crippen LogP contribution in [0.1, 0.15) is 83.1 Å². The van der Waals surface area contributed by atoms with Crippen LogP contribution in [0.2, 0.25) is 5.02 Å². The number of hydrogen-bond donors (Lipinski definition) is 1. The van der Waals surface area contributed by atoms with Crippen LogP contribution in [-0.4, -0.2) is 38.0 Å². The number of aromatic carboxylic acids is 1. The smallest absolute Gasteiger partial charge is 0.416 e. The molecule has 2 saturated heterocycles. The number of alkyl halides is 3. The monoisotopic (exact) mass is 626 g/mol. The van der Waals surface area contributed by atoms with Gasteiger partial charge in [0.15, 0.2) is 0 Å². The van der Waals surface area contributed by atoms with Crippen molar-refractivity contribution in [1.82, 2.24) is 20.3 Å². The third-order valence-electron chi connectivity index (χ3n) is 8.90. The largest absolute Gasteiger partial charge is 0.478 e. The Labute approximate surface area is 254 Å². The van der Waals surface area contributed by atoms with Crippen molar-refractivity contribution in [3.63, 3.8) is 0 Å². The van der Waals surface area contributed by atoms with Gasteiger partial charge in [-0.2, -0.15) is 18.2 Å². The summed E-state index contributed by atoms with van der Waals surface area (Å²) in [6, 6.07) is 2.48. The van der Waals surface area contributed by atoms with Gasteiger partial charge in [-0.15, -0.1) is 0 Å². The lowest BCUT2D eigenvalue weighted by Gasteiger charge is -2.50. The standard InChI is InChI=1S/C31H26ClF3N4O5/c1-16-13-36-14-22(32)23(16)24-21(25(43-38-24)17-2-3-17)4-5-29-6-8-30(9-7-29,42-15-29)28-37-26(39-44-28)18-10-19(27(40)41)12-20(11-18)31(33,34)35/h4-5,10-14,17H,2-3,6-9,15H2,1H3,(H,40,41)/b5-4+. The molecule has 0 unspecified atom stereocenters. The number of carbonyl (C=O) groups is 1. The molecule has 0 spiro atoms. The number of nitrogens with zero attached hydrogens (tertiary/aromatic N) is 4. The summed E-state index contributed by atoms with van der Waals surface area (Å²) < 4.78 is 58.0. The Kier molecular flexibility index (Phi) is 6.70. The van der Waals surface area contributed by atoms with Gasteiger partial charge in [-0.3, -0.25) is 4.98 Å². The first kappa shape index (κ1) is 28.7. The molecule has 1 aromatic carbocycles. The second-order valence-electron chi connectivity index (χ2n) is 11.9. The highest BCUT2D eigenvalue weighted by molar-refractivity contribution is 6.33. The summed E-state index contributed by atoms with van der Waals surface area (Å²) in [5.41, 5.74) is 0.415. The van der Waals surface area contributed by atoms with Gasteiger partial charge in [-0.25, -0.2) is 4.79 Å². The van der Waals surface area contributed by atoms with Crippen molar-refractivity contribution >= 4 is 23.6 Å². The van der Waals surface area contributed by atoms with Crippen LogP contribution in [-0.2, 0) is 16.5 Å². The highest BCUT2D eigenvalue weighted by atomic mass is 35.5. The van der Waals surface area contributed by atoms with E-state index in [1.165, 1.54) is 0 Å². The molecular formula is C31H26ClF3N4O5. The van der Waals surface area contributed by atoms with Crippen molar-refractivity contribution in [1.29, 1.82) is 0 Å². The second kappa shape index (κ2) is 10.3. The maximum atomic E-state index is 13.4. The first-order valence-electron chi connectivity index (χ1n) is 14.2. The topological polar surface area (TPSA) is 124 Å². The summed E-state index contributed by atoms with van der Waals surface area (Å²) in [5, 5.41) is 18.1. The lowest BCUT2D eigenvalue weighted by Crippen LogP contribution is -2.48. The van der Waals surface area contributed by atoms with Crippen molar-refractivity contribution in [3.05, 3.63) is 75.6 Å². The van der Waals surface area contributed by atoms with Crippen LogP contribution in [0.5, 0.6) is 0 Å². The predicted octanol–water partition coefficient (Wildman–Crippen LogP) is 7.84. The zero-order chi connectivity index (χ0) is 30.9. The number of benzene rings is 1. The fraction of sp³-hybridized carbons (Fsp3) is 0.387. The highest BCUT2D eigenvalue weighted by Gasteiger charge is 2.53. The molecule has 3 aromatic heterocycles. The van der Waals surface area contributed by atoms with Crippen LogP contribution in [0.25, 0.3) is 28.7 Å². The third-order valence-corrected chi connectivity index (χ3v) is 9.19. The molecule has 4 aliphatic rings. The van der Waals surface area contributed by atoms with Crippen LogP contribution in [0, 0.1) is 12.3 Å². The van der Waals surface area contributed by atoms with Gasteiger partial charge in [-0.05, 0) is 69.2 Å². The predicted molar refractivity (Wildman–Crippen MR) is 151 cm³/mol.